The maximum atomic E-state index is 13.3. The van der Waals surface area contributed by atoms with E-state index >= 15 is 0 Å². The third-order valence-corrected chi connectivity index (χ3v) is 8.73. The maximum absolute atomic E-state index is 13.3. The molecule has 34 heavy (non-hydrogen) atoms. The predicted octanol–water partition coefficient (Wildman–Crippen LogP) is 5.88. The van der Waals surface area contributed by atoms with E-state index in [0.29, 0.717) is 46.8 Å². The lowest BCUT2D eigenvalue weighted by Gasteiger charge is -2.70. The second-order valence-electron chi connectivity index (χ2n) is 9.46. The molecule has 2 heterocycles. The summed E-state index contributed by atoms with van der Waals surface area (Å²) in [5.41, 5.74) is 0.493. The van der Waals surface area contributed by atoms with Crippen molar-refractivity contribution in [2.75, 3.05) is 7.11 Å². The first-order chi connectivity index (χ1) is 16.0. The highest BCUT2D eigenvalue weighted by Crippen LogP contribution is 2.75. The number of alkyl halides is 3. The monoisotopic (exact) mass is 510 g/mol. The number of methoxy groups -OCH3 is 1. The van der Waals surface area contributed by atoms with E-state index in [1.807, 2.05) is 17.6 Å². The Morgan fingerprint density at radius 3 is 2.44 bits per heavy atom. The van der Waals surface area contributed by atoms with Crippen molar-refractivity contribution in [2.24, 2.45) is 10.8 Å². The number of nitrogens with one attached hydrogen (secondary N) is 1. The highest BCUT2D eigenvalue weighted by molar-refractivity contribution is 7.23. The van der Waals surface area contributed by atoms with Gasteiger partial charge in [0.2, 0.25) is 0 Å². The van der Waals surface area contributed by atoms with Crippen LogP contribution >= 0.6 is 22.9 Å². The molecule has 2 aromatic heterocycles. The lowest BCUT2D eigenvalue weighted by molar-refractivity contribution is -0.232. The van der Waals surface area contributed by atoms with Gasteiger partial charge < -0.3 is 14.6 Å². The Morgan fingerprint density at radius 2 is 1.85 bits per heavy atom. The summed E-state index contributed by atoms with van der Waals surface area (Å²) in [5, 5.41) is 3.07. The van der Waals surface area contributed by atoms with Crippen molar-refractivity contribution in [1.82, 2.24) is 9.88 Å². The van der Waals surface area contributed by atoms with Gasteiger partial charge in [0, 0.05) is 18.8 Å². The van der Waals surface area contributed by atoms with Crippen LogP contribution in [0.4, 0.5) is 13.2 Å². The number of fused-ring (bicyclic) bond motifs is 1. The van der Waals surface area contributed by atoms with Crippen LogP contribution in [0.3, 0.4) is 0 Å². The SMILES string of the molecule is COC(=O)C12CC(C(C)NC(=O)c3c(Cl)sc4ccn(Cc5ccc(C(F)(F)F)cc5)c34)(C1)C2. The molecular formula is C24H22ClF3N2O3S. The number of carbonyl (C=O) groups excluding carboxylic acids is 2. The number of carbonyl (C=O) groups is 2. The number of hydrogen-bond acceptors (Lipinski definition) is 4. The third kappa shape index (κ3) is 3.51. The van der Waals surface area contributed by atoms with E-state index in [-0.39, 0.29) is 23.3 Å². The lowest BCUT2D eigenvalue weighted by Crippen LogP contribution is -2.71. The molecule has 3 saturated carbocycles. The molecular weight excluding hydrogens is 489 g/mol. The number of esters is 1. The smallest absolute Gasteiger partial charge is 0.416 e. The summed E-state index contributed by atoms with van der Waals surface area (Å²) in [5.74, 6) is -0.482. The molecule has 5 nitrogen and oxygen atoms in total. The summed E-state index contributed by atoms with van der Waals surface area (Å²) in [7, 11) is 1.39. The molecule has 10 heteroatoms. The molecule has 0 aliphatic heterocycles. The molecule has 3 fully saturated rings. The minimum absolute atomic E-state index is 0.103. The van der Waals surface area contributed by atoms with E-state index in [1.54, 1.807) is 6.20 Å². The van der Waals surface area contributed by atoms with Crippen LogP contribution in [0.5, 0.6) is 0 Å². The summed E-state index contributed by atoms with van der Waals surface area (Å²) >= 11 is 7.73. The number of amides is 1. The van der Waals surface area contributed by atoms with E-state index in [1.165, 1.54) is 30.6 Å². The Hall–Kier alpha value is -2.52. The van der Waals surface area contributed by atoms with Crippen molar-refractivity contribution in [1.29, 1.82) is 0 Å². The average Bonchev–Trinajstić information content (AvgIpc) is 3.23. The van der Waals surface area contributed by atoms with Crippen molar-refractivity contribution in [3.8, 4) is 0 Å². The van der Waals surface area contributed by atoms with Gasteiger partial charge >= 0.3 is 12.1 Å². The standard InChI is InChI=1S/C24H22ClF3N2O3S/c1-13(22-10-23(11-22,12-22)21(32)33-2)29-20(31)17-18-16(34-19(17)25)7-8-30(18)9-14-3-5-15(6-4-14)24(26,27)28/h3-8,13H,9-12H2,1-2H3,(H,29,31). The molecule has 1 unspecified atom stereocenters. The lowest BCUT2D eigenvalue weighted by atomic mass is 9.33. The fraction of sp³-hybridized carbons (Fsp3) is 0.417. The number of benzene rings is 1. The first-order valence-electron chi connectivity index (χ1n) is 10.8. The molecule has 0 radical (unpaired) electrons. The Balaban J connectivity index is 1.34. The summed E-state index contributed by atoms with van der Waals surface area (Å²) in [4.78, 5) is 25.2. The highest BCUT2D eigenvalue weighted by Gasteiger charge is 2.74. The number of aromatic nitrogens is 1. The molecule has 3 aromatic rings. The fourth-order valence-electron chi connectivity index (χ4n) is 5.55. The molecule has 0 spiro atoms. The number of nitrogens with zero attached hydrogens (tertiary/aromatic N) is 1. The fourth-order valence-corrected chi connectivity index (χ4v) is 6.90. The third-order valence-electron chi connectivity index (χ3n) is 7.38. The van der Waals surface area contributed by atoms with E-state index < -0.39 is 17.2 Å². The van der Waals surface area contributed by atoms with Crippen LogP contribution in [-0.4, -0.2) is 29.6 Å². The number of rotatable bonds is 6. The zero-order valence-electron chi connectivity index (χ0n) is 18.5. The van der Waals surface area contributed by atoms with Gasteiger partial charge in [0.15, 0.2) is 0 Å². The second-order valence-corrected chi connectivity index (χ2v) is 11.1. The molecule has 3 aliphatic carbocycles. The predicted molar refractivity (Wildman–Crippen MR) is 123 cm³/mol. The van der Waals surface area contributed by atoms with Gasteiger partial charge in [-0.2, -0.15) is 13.2 Å². The molecule has 180 valence electrons. The van der Waals surface area contributed by atoms with Gasteiger partial charge in [-0.15, -0.1) is 11.3 Å². The molecule has 2 bridgehead atoms. The van der Waals surface area contributed by atoms with Crippen LogP contribution in [0.25, 0.3) is 10.2 Å². The Labute approximate surface area is 202 Å². The van der Waals surface area contributed by atoms with Gasteiger partial charge in [-0.25, -0.2) is 0 Å². The topological polar surface area (TPSA) is 60.3 Å². The Kier molecular flexibility index (Phi) is 5.29. The van der Waals surface area contributed by atoms with Crippen LogP contribution in [0.2, 0.25) is 4.34 Å². The first kappa shape index (κ1) is 23.2. The Morgan fingerprint density at radius 1 is 1.21 bits per heavy atom. The molecule has 1 N–H and O–H groups in total. The van der Waals surface area contributed by atoms with Crippen LogP contribution < -0.4 is 5.32 Å². The van der Waals surface area contributed by atoms with Gasteiger partial charge in [-0.1, -0.05) is 23.7 Å². The molecule has 6 rings (SSSR count). The zero-order valence-corrected chi connectivity index (χ0v) is 20.0. The normalized spacial score (nSPS) is 24.3. The summed E-state index contributed by atoms with van der Waals surface area (Å²) in [6.45, 7) is 2.24. The molecule has 1 atom stereocenters. The summed E-state index contributed by atoms with van der Waals surface area (Å²) < 4.78 is 46.5. The summed E-state index contributed by atoms with van der Waals surface area (Å²) in [6, 6.07) is 6.68. The van der Waals surface area contributed by atoms with Crippen molar-refractivity contribution in [3.05, 3.63) is 57.6 Å². The number of ether oxygens (including phenoxy) is 1. The van der Waals surface area contributed by atoms with Crippen LogP contribution in [-0.2, 0) is 22.3 Å². The second kappa shape index (κ2) is 7.75. The van der Waals surface area contributed by atoms with Crippen molar-refractivity contribution in [2.45, 2.75) is 44.9 Å². The van der Waals surface area contributed by atoms with E-state index in [4.69, 9.17) is 16.3 Å². The number of halogens is 4. The maximum Gasteiger partial charge on any atom is 0.416 e. The summed E-state index contributed by atoms with van der Waals surface area (Å²) in [6.07, 6.45) is -0.489. The van der Waals surface area contributed by atoms with E-state index in [2.05, 4.69) is 5.32 Å². The van der Waals surface area contributed by atoms with E-state index in [9.17, 15) is 22.8 Å². The highest BCUT2D eigenvalue weighted by atomic mass is 35.5. The van der Waals surface area contributed by atoms with Crippen LogP contribution in [0, 0.1) is 10.8 Å². The first-order valence-corrected chi connectivity index (χ1v) is 12.0. The number of thiophene rings is 1. The van der Waals surface area contributed by atoms with Gasteiger partial charge in [0.25, 0.3) is 5.91 Å². The zero-order chi connectivity index (χ0) is 24.5. The van der Waals surface area contributed by atoms with Gasteiger partial charge in [-0.05, 0) is 55.4 Å². The van der Waals surface area contributed by atoms with Crippen molar-refractivity contribution >= 4 is 45.0 Å². The minimum atomic E-state index is -4.39. The van der Waals surface area contributed by atoms with Gasteiger partial charge in [0.05, 0.1) is 33.9 Å². The van der Waals surface area contributed by atoms with Crippen LogP contribution in [0.1, 0.15) is 47.7 Å². The van der Waals surface area contributed by atoms with Gasteiger partial charge in [0.1, 0.15) is 4.34 Å². The quantitative estimate of drug-likeness (QED) is 0.421. The van der Waals surface area contributed by atoms with Crippen LogP contribution in [0.15, 0.2) is 36.5 Å². The van der Waals surface area contributed by atoms with E-state index in [0.717, 1.165) is 16.8 Å². The van der Waals surface area contributed by atoms with Crippen molar-refractivity contribution < 1.29 is 27.5 Å². The minimum Gasteiger partial charge on any atom is -0.469 e. The molecule has 3 aliphatic rings. The Bertz CT molecular complexity index is 1280. The molecule has 1 amide bonds. The average molecular weight is 511 g/mol. The van der Waals surface area contributed by atoms with Crippen molar-refractivity contribution in [3.63, 3.8) is 0 Å². The van der Waals surface area contributed by atoms with Gasteiger partial charge in [-0.3, -0.25) is 9.59 Å². The molecule has 0 saturated heterocycles. The number of hydrogen-bond donors (Lipinski definition) is 1. The molecule has 1 aromatic carbocycles. The largest absolute Gasteiger partial charge is 0.469 e.